The Morgan fingerprint density at radius 2 is 1.94 bits per heavy atom. The van der Waals surface area contributed by atoms with Crippen LogP contribution < -0.4 is 0 Å². The molecule has 5 nitrogen and oxygen atoms in total. The lowest BCUT2D eigenvalue weighted by molar-refractivity contribution is -0.158. The second-order valence-electron chi connectivity index (χ2n) is 4.97. The molecule has 2 amide bonds. The molecule has 1 saturated carbocycles. The van der Waals surface area contributed by atoms with Crippen molar-refractivity contribution >= 4 is 11.8 Å². The smallest absolute Gasteiger partial charge is 0.312 e. The van der Waals surface area contributed by atoms with Gasteiger partial charge in [-0.2, -0.15) is 5.26 Å². The van der Waals surface area contributed by atoms with Crippen molar-refractivity contribution in [1.82, 2.24) is 9.80 Å². The zero-order chi connectivity index (χ0) is 13.1. The zero-order valence-electron chi connectivity index (χ0n) is 10.8. The SMILES string of the molecule is CCN1CCN(C2CCCCC2C#N)C(=O)C1=O. The van der Waals surface area contributed by atoms with Crippen LogP contribution in [0.3, 0.4) is 0 Å². The number of hydrogen-bond donors (Lipinski definition) is 0. The molecule has 2 rings (SSSR count). The van der Waals surface area contributed by atoms with Crippen LogP contribution in [0.2, 0.25) is 0 Å². The molecule has 2 atom stereocenters. The molecule has 18 heavy (non-hydrogen) atoms. The standard InChI is InChI=1S/C13H19N3O2/c1-2-15-7-8-16(13(18)12(15)17)11-6-4-3-5-10(11)9-14/h10-11H,2-8H2,1H3. The van der Waals surface area contributed by atoms with Gasteiger partial charge < -0.3 is 9.80 Å². The molecular weight excluding hydrogens is 230 g/mol. The largest absolute Gasteiger partial charge is 0.333 e. The van der Waals surface area contributed by atoms with Crippen LogP contribution in [-0.2, 0) is 9.59 Å². The topological polar surface area (TPSA) is 64.4 Å². The van der Waals surface area contributed by atoms with Crippen LogP contribution in [0.5, 0.6) is 0 Å². The second-order valence-corrected chi connectivity index (χ2v) is 4.97. The van der Waals surface area contributed by atoms with Crippen molar-refractivity contribution in [2.45, 2.75) is 38.6 Å². The van der Waals surface area contributed by atoms with Gasteiger partial charge in [-0.05, 0) is 19.8 Å². The Kier molecular flexibility index (Phi) is 3.85. The Morgan fingerprint density at radius 3 is 2.61 bits per heavy atom. The molecule has 5 heteroatoms. The van der Waals surface area contributed by atoms with Gasteiger partial charge in [0.15, 0.2) is 0 Å². The lowest BCUT2D eigenvalue weighted by atomic mass is 9.84. The van der Waals surface area contributed by atoms with Gasteiger partial charge in [0.2, 0.25) is 0 Å². The lowest BCUT2D eigenvalue weighted by Gasteiger charge is -2.41. The van der Waals surface area contributed by atoms with Gasteiger partial charge in [0.25, 0.3) is 0 Å². The third-order valence-electron chi connectivity index (χ3n) is 4.02. The summed E-state index contributed by atoms with van der Waals surface area (Å²) in [4.78, 5) is 27.1. The van der Waals surface area contributed by atoms with Crippen molar-refractivity contribution in [3.63, 3.8) is 0 Å². The van der Waals surface area contributed by atoms with Crippen LogP contribution in [0.4, 0.5) is 0 Å². The van der Waals surface area contributed by atoms with Crippen LogP contribution >= 0.6 is 0 Å². The summed E-state index contributed by atoms with van der Waals surface area (Å²) in [5.41, 5.74) is 0. The molecule has 1 aliphatic carbocycles. The van der Waals surface area contributed by atoms with Crippen LogP contribution in [0.1, 0.15) is 32.6 Å². The summed E-state index contributed by atoms with van der Waals surface area (Å²) in [6.07, 6.45) is 3.78. The first-order chi connectivity index (χ1) is 8.69. The molecule has 0 aromatic rings. The fourth-order valence-electron chi connectivity index (χ4n) is 2.94. The molecule has 2 aliphatic rings. The molecule has 0 aromatic heterocycles. The second kappa shape index (κ2) is 5.38. The van der Waals surface area contributed by atoms with Crippen LogP contribution in [0.25, 0.3) is 0 Å². The molecule has 0 N–H and O–H groups in total. The quantitative estimate of drug-likeness (QED) is 0.679. The van der Waals surface area contributed by atoms with Gasteiger partial charge in [-0.15, -0.1) is 0 Å². The predicted octanol–water partition coefficient (Wildman–Crippen LogP) is 0.759. The highest BCUT2D eigenvalue weighted by atomic mass is 16.2. The number of hydrogen-bond acceptors (Lipinski definition) is 3. The summed E-state index contributed by atoms with van der Waals surface area (Å²) in [6, 6.07) is 2.24. The van der Waals surface area contributed by atoms with Crippen LogP contribution in [0.15, 0.2) is 0 Å². The van der Waals surface area contributed by atoms with Crippen molar-refractivity contribution < 1.29 is 9.59 Å². The summed E-state index contributed by atoms with van der Waals surface area (Å²) in [6.45, 7) is 3.61. The first kappa shape index (κ1) is 12.9. The fourth-order valence-corrected chi connectivity index (χ4v) is 2.94. The van der Waals surface area contributed by atoms with Gasteiger partial charge in [0.1, 0.15) is 0 Å². The third-order valence-corrected chi connectivity index (χ3v) is 4.02. The number of carbonyl (C=O) groups is 2. The number of rotatable bonds is 2. The molecule has 98 valence electrons. The van der Waals surface area contributed by atoms with Crippen molar-refractivity contribution in [3.05, 3.63) is 0 Å². The maximum absolute atomic E-state index is 12.1. The molecule has 0 spiro atoms. The van der Waals surface area contributed by atoms with Gasteiger partial charge in [-0.3, -0.25) is 9.59 Å². The van der Waals surface area contributed by atoms with E-state index >= 15 is 0 Å². The maximum atomic E-state index is 12.1. The van der Waals surface area contributed by atoms with E-state index in [0.29, 0.717) is 19.6 Å². The summed E-state index contributed by atoms with van der Waals surface area (Å²) in [5, 5.41) is 9.16. The van der Waals surface area contributed by atoms with Gasteiger partial charge in [0, 0.05) is 25.7 Å². The van der Waals surface area contributed by atoms with Crippen LogP contribution in [-0.4, -0.2) is 47.3 Å². The molecule has 2 fully saturated rings. The number of amides is 2. The molecule has 1 heterocycles. The van der Waals surface area contributed by atoms with E-state index in [1.807, 2.05) is 6.92 Å². The Labute approximate surface area is 107 Å². The van der Waals surface area contributed by atoms with Crippen LogP contribution in [0, 0.1) is 17.2 Å². The maximum Gasteiger partial charge on any atom is 0.312 e. The Bertz CT molecular complexity index is 388. The number of piperazine rings is 1. The normalized spacial score (nSPS) is 29.3. The van der Waals surface area contributed by atoms with E-state index in [0.717, 1.165) is 25.7 Å². The average molecular weight is 249 g/mol. The summed E-state index contributed by atoms with van der Waals surface area (Å²) >= 11 is 0. The van der Waals surface area contributed by atoms with Crippen molar-refractivity contribution in [2.75, 3.05) is 19.6 Å². The molecule has 0 radical (unpaired) electrons. The summed E-state index contributed by atoms with van der Waals surface area (Å²) < 4.78 is 0. The zero-order valence-corrected chi connectivity index (χ0v) is 10.8. The van der Waals surface area contributed by atoms with E-state index in [-0.39, 0.29) is 12.0 Å². The van der Waals surface area contributed by atoms with E-state index in [2.05, 4.69) is 6.07 Å². The molecule has 0 bridgehead atoms. The van der Waals surface area contributed by atoms with Gasteiger partial charge in [-0.1, -0.05) is 12.8 Å². The highest BCUT2D eigenvalue weighted by Crippen LogP contribution is 2.29. The first-order valence-corrected chi connectivity index (χ1v) is 6.68. The van der Waals surface area contributed by atoms with E-state index in [1.165, 1.54) is 0 Å². The minimum Gasteiger partial charge on any atom is -0.333 e. The highest BCUT2D eigenvalue weighted by Gasteiger charge is 2.39. The Balaban J connectivity index is 2.11. The lowest BCUT2D eigenvalue weighted by Crippen LogP contribution is -2.58. The van der Waals surface area contributed by atoms with Gasteiger partial charge >= 0.3 is 11.8 Å². The summed E-state index contributed by atoms with van der Waals surface area (Å²) in [5.74, 6) is -0.940. The number of carbonyl (C=O) groups excluding carboxylic acids is 2. The predicted molar refractivity (Wildman–Crippen MR) is 65.3 cm³/mol. The average Bonchev–Trinajstić information content (AvgIpc) is 2.42. The van der Waals surface area contributed by atoms with Crippen molar-refractivity contribution in [1.29, 1.82) is 5.26 Å². The Hall–Kier alpha value is -1.57. The van der Waals surface area contributed by atoms with E-state index in [4.69, 9.17) is 5.26 Å². The Morgan fingerprint density at radius 1 is 1.22 bits per heavy atom. The first-order valence-electron chi connectivity index (χ1n) is 6.68. The van der Waals surface area contributed by atoms with Crippen molar-refractivity contribution in [2.24, 2.45) is 5.92 Å². The van der Waals surface area contributed by atoms with Gasteiger partial charge in [-0.25, -0.2) is 0 Å². The van der Waals surface area contributed by atoms with Crippen molar-refractivity contribution in [3.8, 4) is 6.07 Å². The third kappa shape index (κ3) is 2.20. The van der Waals surface area contributed by atoms with E-state index in [9.17, 15) is 9.59 Å². The summed E-state index contributed by atoms with van der Waals surface area (Å²) in [7, 11) is 0. The fraction of sp³-hybridized carbons (Fsp3) is 0.769. The monoisotopic (exact) mass is 249 g/mol. The molecule has 1 aliphatic heterocycles. The highest BCUT2D eigenvalue weighted by molar-refractivity contribution is 6.35. The minimum absolute atomic E-state index is 0.0563. The number of nitrogens with zero attached hydrogens (tertiary/aromatic N) is 3. The molecule has 1 saturated heterocycles. The van der Waals surface area contributed by atoms with E-state index < -0.39 is 11.8 Å². The number of likely N-dealkylation sites (N-methyl/N-ethyl adjacent to an activating group) is 1. The van der Waals surface area contributed by atoms with E-state index in [1.54, 1.807) is 9.80 Å². The molecule has 0 aromatic carbocycles. The van der Waals surface area contributed by atoms with Gasteiger partial charge in [0.05, 0.1) is 12.0 Å². The number of nitriles is 1. The molecule has 2 unspecified atom stereocenters. The molecular formula is C13H19N3O2. The minimum atomic E-state index is -0.421.